The van der Waals surface area contributed by atoms with Gasteiger partial charge < -0.3 is 9.84 Å². The number of para-hydroxylation sites is 1. The van der Waals surface area contributed by atoms with Gasteiger partial charge in [-0.05, 0) is 30.2 Å². The van der Waals surface area contributed by atoms with Gasteiger partial charge in [0.15, 0.2) is 0 Å². The van der Waals surface area contributed by atoms with Crippen molar-refractivity contribution in [1.29, 1.82) is 5.26 Å². The number of thiophene rings is 1. The van der Waals surface area contributed by atoms with E-state index >= 15 is 0 Å². The number of fused-ring (bicyclic) bond motifs is 2. The van der Waals surface area contributed by atoms with Gasteiger partial charge in [-0.1, -0.05) is 42.5 Å². The molecule has 178 valence electrons. The molecule has 3 aromatic heterocycles. The van der Waals surface area contributed by atoms with Crippen LogP contribution in [-0.2, 0) is 17.9 Å². The Morgan fingerprint density at radius 1 is 1.14 bits per heavy atom. The van der Waals surface area contributed by atoms with Crippen LogP contribution in [0.15, 0.2) is 71.5 Å². The van der Waals surface area contributed by atoms with Gasteiger partial charge in [0, 0.05) is 0 Å². The fourth-order valence-corrected chi connectivity index (χ4v) is 5.73. The minimum atomic E-state index is -0.532. The fraction of sp³-hybridized carbons (Fsp3) is 0.115. The van der Waals surface area contributed by atoms with E-state index in [2.05, 4.69) is 9.97 Å². The van der Waals surface area contributed by atoms with Crippen LogP contribution in [0, 0.1) is 18.3 Å². The van der Waals surface area contributed by atoms with Gasteiger partial charge in [-0.15, -0.1) is 22.7 Å². The van der Waals surface area contributed by atoms with Gasteiger partial charge in [-0.2, -0.15) is 5.26 Å². The quantitative estimate of drug-likeness (QED) is 0.187. The first-order valence-electron chi connectivity index (χ1n) is 10.8. The number of carbonyl (C=O) groups is 1. The predicted molar refractivity (Wildman–Crippen MR) is 139 cm³/mol. The van der Waals surface area contributed by atoms with Gasteiger partial charge in [0.2, 0.25) is 0 Å². The first-order chi connectivity index (χ1) is 17.5. The molecular weight excluding hydrogens is 496 g/mol. The molecule has 0 aliphatic carbocycles. The Morgan fingerprint density at radius 2 is 1.89 bits per heavy atom. The monoisotopic (exact) mass is 514 g/mol. The highest BCUT2D eigenvalue weighted by atomic mass is 32.1. The Bertz CT molecular complexity index is 1710. The molecule has 5 aromatic rings. The summed E-state index contributed by atoms with van der Waals surface area (Å²) in [6.07, 6.45) is 1.29. The van der Waals surface area contributed by atoms with Crippen LogP contribution in [0.4, 0.5) is 0 Å². The zero-order valence-electron chi connectivity index (χ0n) is 19.0. The first kappa shape index (κ1) is 23.4. The number of esters is 1. The fourth-order valence-electron chi connectivity index (χ4n) is 3.71. The lowest BCUT2D eigenvalue weighted by Gasteiger charge is -2.06. The smallest absolute Gasteiger partial charge is 0.349 e. The first-order valence-corrected chi connectivity index (χ1v) is 12.5. The number of aliphatic hydroxyl groups is 1. The number of hydrogen-bond donors (Lipinski definition) is 1. The summed E-state index contributed by atoms with van der Waals surface area (Å²) in [5.74, 6) is -0.828. The Kier molecular flexibility index (Phi) is 6.33. The van der Waals surface area contributed by atoms with Crippen LogP contribution >= 0.6 is 22.7 Å². The van der Waals surface area contributed by atoms with Crippen LogP contribution in [0.3, 0.4) is 0 Å². The highest BCUT2D eigenvalue weighted by Gasteiger charge is 2.22. The van der Waals surface area contributed by atoms with Gasteiger partial charge in [0.1, 0.15) is 38.7 Å². The van der Waals surface area contributed by atoms with Gasteiger partial charge in [-0.25, -0.2) is 14.8 Å². The van der Waals surface area contributed by atoms with E-state index in [0.29, 0.717) is 20.3 Å². The molecule has 10 heteroatoms. The number of carbonyl (C=O) groups excluding carboxylic acids is 1. The number of aliphatic hydroxyl groups excluding tert-OH is 1. The molecule has 0 radical (unpaired) electrons. The highest BCUT2D eigenvalue weighted by Crippen LogP contribution is 2.30. The molecule has 0 saturated carbocycles. The summed E-state index contributed by atoms with van der Waals surface area (Å²) >= 11 is 2.37. The van der Waals surface area contributed by atoms with Crippen LogP contribution in [0.1, 0.15) is 25.8 Å². The summed E-state index contributed by atoms with van der Waals surface area (Å²) in [7, 11) is 0. The van der Waals surface area contributed by atoms with Crippen LogP contribution in [0.25, 0.3) is 26.0 Å². The second kappa shape index (κ2) is 9.73. The van der Waals surface area contributed by atoms with Crippen molar-refractivity contribution in [3.05, 3.63) is 98.0 Å². The molecule has 5 rings (SSSR count). The maximum absolute atomic E-state index is 13.2. The van der Waals surface area contributed by atoms with Crippen LogP contribution in [0.5, 0.6) is 0 Å². The van der Waals surface area contributed by atoms with Crippen molar-refractivity contribution in [2.24, 2.45) is 0 Å². The van der Waals surface area contributed by atoms with E-state index in [1.54, 1.807) is 6.92 Å². The molecule has 0 unspecified atom stereocenters. The largest absolute Gasteiger partial charge is 0.509 e. The molecule has 0 fully saturated rings. The summed E-state index contributed by atoms with van der Waals surface area (Å²) in [4.78, 5) is 35.4. The molecule has 8 nitrogen and oxygen atoms in total. The summed E-state index contributed by atoms with van der Waals surface area (Å²) in [6, 6.07) is 18.7. The second-order valence-corrected chi connectivity index (χ2v) is 9.93. The number of nitrogens with zero attached hydrogens (tertiary/aromatic N) is 4. The van der Waals surface area contributed by atoms with E-state index in [1.165, 1.54) is 22.2 Å². The minimum Gasteiger partial charge on any atom is -0.509 e. The van der Waals surface area contributed by atoms with Crippen molar-refractivity contribution in [3.63, 3.8) is 0 Å². The van der Waals surface area contributed by atoms with E-state index in [9.17, 15) is 20.0 Å². The third-order valence-electron chi connectivity index (χ3n) is 5.54. The standard InChI is InChI=1S/C26H18N4O4S2/c1-15-21-24(36-22(15)26(33)34-13-16-7-3-2-4-8-16)28-14-30(25(21)32)12-19(31)17(11-27)23-29-18-9-5-6-10-20(18)35-23/h2-10,14,31H,12-13H2,1H3/b19-17-. The number of aromatic nitrogens is 3. The Labute approximate surface area is 213 Å². The maximum Gasteiger partial charge on any atom is 0.349 e. The van der Waals surface area contributed by atoms with Gasteiger partial charge in [0.25, 0.3) is 5.56 Å². The molecule has 0 bridgehead atoms. The Balaban J connectivity index is 1.44. The van der Waals surface area contributed by atoms with Crippen LogP contribution < -0.4 is 5.56 Å². The van der Waals surface area contributed by atoms with E-state index in [0.717, 1.165) is 27.1 Å². The SMILES string of the molecule is Cc1c(C(=O)OCc2ccccc2)sc2ncn(C/C(O)=C(\C#N)c3nc4ccccc4s3)c(=O)c12. The predicted octanol–water partition coefficient (Wildman–Crippen LogP) is 5.23. The lowest BCUT2D eigenvalue weighted by atomic mass is 10.2. The normalized spacial score (nSPS) is 11.9. The summed E-state index contributed by atoms with van der Waals surface area (Å²) < 4.78 is 7.52. The van der Waals surface area contributed by atoms with Crippen molar-refractivity contribution in [2.45, 2.75) is 20.1 Å². The average molecular weight is 515 g/mol. The zero-order chi connectivity index (χ0) is 25.2. The molecular formula is C26H18N4O4S2. The van der Waals surface area contributed by atoms with Crippen molar-refractivity contribution in [3.8, 4) is 6.07 Å². The van der Waals surface area contributed by atoms with Crippen molar-refractivity contribution < 1.29 is 14.6 Å². The van der Waals surface area contributed by atoms with E-state index in [1.807, 2.05) is 60.7 Å². The number of aryl methyl sites for hydroxylation is 1. The molecule has 0 saturated heterocycles. The van der Waals surface area contributed by atoms with Gasteiger partial charge >= 0.3 is 5.97 Å². The molecule has 3 heterocycles. The number of hydrogen-bond acceptors (Lipinski definition) is 9. The second-order valence-electron chi connectivity index (χ2n) is 7.90. The lowest BCUT2D eigenvalue weighted by molar-refractivity contribution is 0.0478. The number of ether oxygens (including phenoxy) is 1. The third-order valence-corrected chi connectivity index (χ3v) is 7.78. The maximum atomic E-state index is 13.2. The third kappa shape index (κ3) is 4.37. The summed E-state index contributed by atoms with van der Waals surface area (Å²) in [5, 5.41) is 21.1. The minimum absolute atomic E-state index is 0.00424. The molecule has 36 heavy (non-hydrogen) atoms. The summed E-state index contributed by atoms with van der Waals surface area (Å²) in [5.41, 5.74) is 1.61. The van der Waals surface area contributed by atoms with Crippen molar-refractivity contribution in [1.82, 2.24) is 14.5 Å². The van der Waals surface area contributed by atoms with Crippen molar-refractivity contribution >= 4 is 54.6 Å². The molecule has 0 spiro atoms. The van der Waals surface area contributed by atoms with E-state index in [-0.39, 0.29) is 29.9 Å². The number of thiazole rings is 1. The molecule has 1 N–H and O–H groups in total. The number of nitriles is 1. The van der Waals surface area contributed by atoms with E-state index < -0.39 is 11.5 Å². The highest BCUT2D eigenvalue weighted by molar-refractivity contribution is 7.20. The lowest BCUT2D eigenvalue weighted by Crippen LogP contribution is -2.22. The molecule has 0 aliphatic rings. The Morgan fingerprint density at radius 3 is 2.64 bits per heavy atom. The average Bonchev–Trinajstić information content (AvgIpc) is 3.46. The summed E-state index contributed by atoms with van der Waals surface area (Å²) in [6.45, 7) is 1.53. The molecule has 0 amide bonds. The molecule has 2 aromatic carbocycles. The number of benzene rings is 2. The van der Waals surface area contributed by atoms with Gasteiger partial charge in [-0.3, -0.25) is 9.36 Å². The molecule has 0 aliphatic heterocycles. The number of rotatable bonds is 6. The van der Waals surface area contributed by atoms with Crippen LogP contribution in [-0.4, -0.2) is 25.6 Å². The zero-order valence-corrected chi connectivity index (χ0v) is 20.6. The van der Waals surface area contributed by atoms with Crippen molar-refractivity contribution in [2.75, 3.05) is 0 Å². The van der Waals surface area contributed by atoms with E-state index in [4.69, 9.17) is 4.74 Å². The Hall–Kier alpha value is -4.33. The number of allylic oxidation sites excluding steroid dienone is 2. The molecule has 0 atom stereocenters. The van der Waals surface area contributed by atoms with Crippen LogP contribution in [0.2, 0.25) is 0 Å². The topological polar surface area (TPSA) is 118 Å². The van der Waals surface area contributed by atoms with Gasteiger partial charge in [0.05, 0.1) is 28.5 Å².